The Kier molecular flexibility index (Phi) is 4.01. The molecule has 3 aromatic rings. The van der Waals surface area contributed by atoms with Gasteiger partial charge in [-0.2, -0.15) is 0 Å². The molecule has 108 valence electrons. The van der Waals surface area contributed by atoms with Crippen molar-refractivity contribution in [2.75, 3.05) is 5.32 Å². The molecule has 0 saturated carbocycles. The van der Waals surface area contributed by atoms with E-state index in [1.54, 1.807) is 11.3 Å². The van der Waals surface area contributed by atoms with Crippen molar-refractivity contribution in [3.63, 3.8) is 0 Å². The zero-order valence-electron chi connectivity index (χ0n) is 11.9. The molecule has 0 radical (unpaired) electrons. The van der Waals surface area contributed by atoms with E-state index in [2.05, 4.69) is 17.2 Å². The molecule has 0 unspecified atom stereocenters. The molecule has 0 saturated heterocycles. The monoisotopic (exact) mass is 299 g/mol. The van der Waals surface area contributed by atoms with E-state index in [0.717, 1.165) is 34.9 Å². The Morgan fingerprint density at radius 1 is 1.33 bits per heavy atom. The van der Waals surface area contributed by atoms with Crippen LogP contribution < -0.4 is 5.32 Å². The standard InChI is InChI=1S/C16H17N3OS/c1-2-3-9-14(20)18-16-15(12-7-6-11-21-12)17-13-8-4-5-10-19(13)16/h4-8,10-11H,2-3,9H2,1H3,(H,18,20). The number of rotatable bonds is 5. The van der Waals surface area contributed by atoms with Crippen LogP contribution in [0.4, 0.5) is 5.82 Å². The Labute approximate surface area is 127 Å². The van der Waals surface area contributed by atoms with Crippen molar-refractivity contribution in [1.29, 1.82) is 0 Å². The van der Waals surface area contributed by atoms with Crippen LogP contribution in [0.2, 0.25) is 0 Å². The van der Waals surface area contributed by atoms with Gasteiger partial charge in [-0.15, -0.1) is 11.3 Å². The SMILES string of the molecule is CCCCC(=O)Nc1c(-c2cccs2)nc2ccccn12. The van der Waals surface area contributed by atoms with Gasteiger partial charge in [-0.25, -0.2) is 4.98 Å². The zero-order valence-corrected chi connectivity index (χ0v) is 12.7. The summed E-state index contributed by atoms with van der Waals surface area (Å²) >= 11 is 1.62. The van der Waals surface area contributed by atoms with Gasteiger partial charge < -0.3 is 5.32 Å². The lowest BCUT2D eigenvalue weighted by atomic mass is 10.2. The van der Waals surface area contributed by atoms with Crippen molar-refractivity contribution in [3.8, 4) is 10.6 Å². The molecular formula is C16H17N3OS. The number of nitrogens with one attached hydrogen (secondary N) is 1. The zero-order chi connectivity index (χ0) is 14.7. The number of unbranched alkanes of at least 4 members (excludes halogenated alkanes) is 1. The quantitative estimate of drug-likeness (QED) is 0.767. The topological polar surface area (TPSA) is 46.4 Å². The maximum absolute atomic E-state index is 12.1. The number of hydrogen-bond donors (Lipinski definition) is 1. The van der Waals surface area contributed by atoms with Gasteiger partial charge in [-0.1, -0.05) is 25.5 Å². The summed E-state index contributed by atoms with van der Waals surface area (Å²) in [4.78, 5) is 17.8. The number of carbonyl (C=O) groups excluding carboxylic acids is 1. The summed E-state index contributed by atoms with van der Waals surface area (Å²) < 4.78 is 1.93. The number of nitrogens with zero attached hydrogens (tertiary/aromatic N) is 2. The Morgan fingerprint density at radius 2 is 2.24 bits per heavy atom. The van der Waals surface area contributed by atoms with Crippen molar-refractivity contribution >= 4 is 28.7 Å². The minimum Gasteiger partial charge on any atom is -0.310 e. The van der Waals surface area contributed by atoms with Gasteiger partial charge in [0.25, 0.3) is 0 Å². The molecule has 0 atom stereocenters. The van der Waals surface area contributed by atoms with Crippen LogP contribution in [0.1, 0.15) is 26.2 Å². The van der Waals surface area contributed by atoms with Gasteiger partial charge >= 0.3 is 0 Å². The minimum absolute atomic E-state index is 0.0420. The summed E-state index contributed by atoms with van der Waals surface area (Å²) in [5.74, 6) is 0.800. The van der Waals surface area contributed by atoms with E-state index >= 15 is 0 Å². The highest BCUT2D eigenvalue weighted by molar-refractivity contribution is 7.13. The van der Waals surface area contributed by atoms with E-state index in [-0.39, 0.29) is 5.91 Å². The summed E-state index contributed by atoms with van der Waals surface area (Å²) in [6.07, 6.45) is 4.38. The molecule has 0 aliphatic rings. The Hall–Kier alpha value is -2.14. The third-order valence-corrected chi connectivity index (χ3v) is 4.18. The van der Waals surface area contributed by atoms with Crippen molar-refractivity contribution in [3.05, 3.63) is 41.9 Å². The summed E-state index contributed by atoms with van der Waals surface area (Å²) in [6.45, 7) is 2.08. The van der Waals surface area contributed by atoms with Crippen LogP contribution in [0.3, 0.4) is 0 Å². The number of fused-ring (bicyclic) bond motifs is 1. The highest BCUT2D eigenvalue weighted by Gasteiger charge is 2.16. The minimum atomic E-state index is 0.0420. The molecule has 0 bridgehead atoms. The highest BCUT2D eigenvalue weighted by Crippen LogP contribution is 2.31. The highest BCUT2D eigenvalue weighted by atomic mass is 32.1. The number of thiophene rings is 1. The number of amides is 1. The first-order valence-corrected chi connectivity index (χ1v) is 7.98. The molecule has 0 spiro atoms. The molecule has 4 nitrogen and oxygen atoms in total. The van der Waals surface area contributed by atoms with Crippen molar-refractivity contribution in [2.45, 2.75) is 26.2 Å². The number of carbonyl (C=O) groups is 1. The Bertz CT molecular complexity index is 746. The van der Waals surface area contributed by atoms with Gasteiger partial charge in [0.05, 0.1) is 4.88 Å². The van der Waals surface area contributed by atoms with Gasteiger partial charge in [0.15, 0.2) is 0 Å². The fourth-order valence-electron chi connectivity index (χ4n) is 2.23. The third kappa shape index (κ3) is 2.83. The lowest BCUT2D eigenvalue weighted by Crippen LogP contribution is -2.13. The van der Waals surface area contributed by atoms with Crippen LogP contribution in [0.15, 0.2) is 41.9 Å². The summed E-state index contributed by atoms with van der Waals surface area (Å²) in [5, 5.41) is 5.04. The van der Waals surface area contributed by atoms with Crippen LogP contribution in [-0.2, 0) is 4.79 Å². The lowest BCUT2D eigenvalue weighted by Gasteiger charge is -2.06. The van der Waals surface area contributed by atoms with E-state index in [0.29, 0.717) is 6.42 Å². The van der Waals surface area contributed by atoms with Gasteiger partial charge in [0.1, 0.15) is 17.2 Å². The normalized spacial score (nSPS) is 10.9. The van der Waals surface area contributed by atoms with Crippen LogP contribution >= 0.6 is 11.3 Å². The van der Waals surface area contributed by atoms with Crippen LogP contribution in [0.5, 0.6) is 0 Å². The number of imidazole rings is 1. The molecule has 5 heteroatoms. The predicted molar refractivity (Wildman–Crippen MR) is 86.7 cm³/mol. The third-order valence-electron chi connectivity index (χ3n) is 3.30. The van der Waals surface area contributed by atoms with Crippen molar-refractivity contribution < 1.29 is 4.79 Å². The van der Waals surface area contributed by atoms with Crippen LogP contribution in [-0.4, -0.2) is 15.3 Å². The molecule has 1 N–H and O–H groups in total. The molecule has 0 fully saturated rings. The largest absolute Gasteiger partial charge is 0.310 e. The summed E-state index contributed by atoms with van der Waals surface area (Å²) in [6, 6.07) is 9.84. The van der Waals surface area contributed by atoms with Crippen LogP contribution in [0.25, 0.3) is 16.2 Å². The lowest BCUT2D eigenvalue weighted by molar-refractivity contribution is -0.116. The average molecular weight is 299 g/mol. The van der Waals surface area contributed by atoms with E-state index in [4.69, 9.17) is 0 Å². The molecule has 3 aromatic heterocycles. The molecule has 3 rings (SSSR count). The van der Waals surface area contributed by atoms with E-state index < -0.39 is 0 Å². The second kappa shape index (κ2) is 6.10. The van der Waals surface area contributed by atoms with E-state index in [1.807, 2.05) is 46.3 Å². The van der Waals surface area contributed by atoms with E-state index in [1.165, 1.54) is 0 Å². The second-order valence-electron chi connectivity index (χ2n) is 4.87. The first-order valence-electron chi connectivity index (χ1n) is 7.10. The number of pyridine rings is 1. The number of aromatic nitrogens is 2. The molecular weight excluding hydrogens is 282 g/mol. The van der Waals surface area contributed by atoms with Gasteiger partial charge in [-0.3, -0.25) is 9.20 Å². The molecule has 21 heavy (non-hydrogen) atoms. The maximum atomic E-state index is 12.1. The van der Waals surface area contributed by atoms with Crippen molar-refractivity contribution in [2.24, 2.45) is 0 Å². The molecule has 0 aromatic carbocycles. The van der Waals surface area contributed by atoms with Gasteiger partial charge in [-0.05, 0) is 30.0 Å². The summed E-state index contributed by atoms with van der Waals surface area (Å²) in [5.41, 5.74) is 1.67. The predicted octanol–water partition coefficient (Wildman–Crippen LogP) is 4.19. The molecule has 0 aliphatic heterocycles. The van der Waals surface area contributed by atoms with Crippen LogP contribution in [0, 0.1) is 0 Å². The number of anilines is 1. The first kappa shape index (κ1) is 13.8. The number of hydrogen-bond acceptors (Lipinski definition) is 3. The van der Waals surface area contributed by atoms with E-state index in [9.17, 15) is 4.79 Å². The first-order chi connectivity index (χ1) is 10.3. The second-order valence-corrected chi connectivity index (χ2v) is 5.81. The Balaban J connectivity index is 2.02. The fourth-order valence-corrected chi connectivity index (χ4v) is 2.95. The molecule has 1 amide bonds. The van der Waals surface area contributed by atoms with Crippen molar-refractivity contribution in [1.82, 2.24) is 9.38 Å². The van der Waals surface area contributed by atoms with Gasteiger partial charge in [0.2, 0.25) is 5.91 Å². The smallest absolute Gasteiger partial charge is 0.225 e. The maximum Gasteiger partial charge on any atom is 0.225 e. The molecule has 3 heterocycles. The average Bonchev–Trinajstić information content (AvgIpc) is 3.13. The Morgan fingerprint density at radius 3 is 3.00 bits per heavy atom. The van der Waals surface area contributed by atoms with Gasteiger partial charge in [0, 0.05) is 12.6 Å². The molecule has 0 aliphatic carbocycles. The summed E-state index contributed by atoms with van der Waals surface area (Å²) in [7, 11) is 0. The fraction of sp³-hybridized carbons (Fsp3) is 0.250.